The highest BCUT2D eigenvalue weighted by Gasteiger charge is 2.18. The number of rotatable bonds is 5. The van der Waals surface area contributed by atoms with Crippen LogP contribution in [0.15, 0.2) is 24.3 Å². The van der Waals surface area contributed by atoms with Crippen LogP contribution >= 0.6 is 0 Å². The molecular formula is C19H31N. The van der Waals surface area contributed by atoms with Crippen LogP contribution in [0.3, 0.4) is 0 Å². The molecule has 0 saturated heterocycles. The van der Waals surface area contributed by atoms with Gasteiger partial charge in [-0.2, -0.15) is 0 Å². The van der Waals surface area contributed by atoms with Crippen LogP contribution in [0.1, 0.15) is 77.2 Å². The fourth-order valence-electron chi connectivity index (χ4n) is 3.44. The van der Waals surface area contributed by atoms with Crippen LogP contribution in [0, 0.1) is 5.92 Å². The van der Waals surface area contributed by atoms with Crippen molar-refractivity contribution < 1.29 is 0 Å². The highest BCUT2D eigenvalue weighted by molar-refractivity contribution is 5.47. The van der Waals surface area contributed by atoms with Gasteiger partial charge < -0.3 is 5.32 Å². The van der Waals surface area contributed by atoms with E-state index in [2.05, 4.69) is 50.4 Å². The van der Waals surface area contributed by atoms with E-state index in [1.54, 1.807) is 0 Å². The van der Waals surface area contributed by atoms with Gasteiger partial charge in [-0.25, -0.2) is 0 Å². The molecule has 2 rings (SSSR count). The Bertz CT molecular complexity index is 397. The number of anilines is 1. The summed E-state index contributed by atoms with van der Waals surface area (Å²) in [5.74, 6) is 1.59. The molecule has 1 aliphatic carbocycles. The van der Waals surface area contributed by atoms with Crippen LogP contribution in [0.5, 0.6) is 0 Å². The Balaban J connectivity index is 1.91. The summed E-state index contributed by atoms with van der Waals surface area (Å²) < 4.78 is 0. The first kappa shape index (κ1) is 15.4. The number of nitrogens with one attached hydrogen (secondary N) is 1. The minimum Gasteiger partial charge on any atom is -0.382 e. The third-order valence-electron chi connectivity index (χ3n) is 4.71. The van der Waals surface area contributed by atoms with Crippen LogP contribution in [0.25, 0.3) is 0 Å². The highest BCUT2D eigenvalue weighted by Crippen LogP contribution is 2.29. The molecule has 20 heavy (non-hydrogen) atoms. The van der Waals surface area contributed by atoms with Crippen molar-refractivity contribution >= 4 is 5.69 Å². The molecular weight excluding hydrogens is 242 g/mol. The predicted molar refractivity (Wildman–Crippen MR) is 89.4 cm³/mol. The molecule has 0 radical (unpaired) electrons. The maximum Gasteiger partial charge on any atom is 0.0345 e. The molecule has 1 N–H and O–H groups in total. The molecule has 0 heterocycles. The molecule has 0 aliphatic heterocycles. The smallest absolute Gasteiger partial charge is 0.0345 e. The number of benzene rings is 1. The third kappa shape index (κ3) is 4.54. The molecule has 112 valence electrons. The summed E-state index contributed by atoms with van der Waals surface area (Å²) in [5.41, 5.74) is 2.75. The minimum absolute atomic E-state index is 0.611. The van der Waals surface area contributed by atoms with Crippen molar-refractivity contribution in [1.82, 2.24) is 0 Å². The fourth-order valence-corrected chi connectivity index (χ4v) is 3.44. The lowest BCUT2D eigenvalue weighted by atomic mass is 9.95. The quantitative estimate of drug-likeness (QED) is 0.652. The second-order valence-electron chi connectivity index (χ2n) is 6.78. The molecule has 1 heteroatoms. The van der Waals surface area contributed by atoms with Gasteiger partial charge in [0.1, 0.15) is 0 Å². The standard InChI is InChI=1S/C19H31N/c1-4-7-16-8-5-10-18(13-12-16)20-19-11-6-9-17(14-19)15(2)3/h6,9,11,14-16,18,20H,4-5,7-8,10,12-13H2,1-3H3. The Kier molecular flexibility index (Phi) is 5.94. The van der Waals surface area contributed by atoms with Crippen molar-refractivity contribution in [3.8, 4) is 0 Å². The first-order chi connectivity index (χ1) is 9.69. The van der Waals surface area contributed by atoms with E-state index in [-0.39, 0.29) is 0 Å². The van der Waals surface area contributed by atoms with E-state index >= 15 is 0 Å². The average molecular weight is 273 g/mol. The summed E-state index contributed by atoms with van der Waals surface area (Å²) in [7, 11) is 0. The zero-order valence-electron chi connectivity index (χ0n) is 13.5. The maximum absolute atomic E-state index is 3.78. The van der Waals surface area contributed by atoms with Gasteiger partial charge in [0.05, 0.1) is 0 Å². The van der Waals surface area contributed by atoms with Crippen LogP contribution in [0.2, 0.25) is 0 Å². The topological polar surface area (TPSA) is 12.0 Å². The summed E-state index contributed by atoms with van der Waals surface area (Å²) >= 11 is 0. The summed E-state index contributed by atoms with van der Waals surface area (Å²) in [6.07, 6.45) is 9.71. The molecule has 1 aromatic rings. The lowest BCUT2D eigenvalue weighted by Gasteiger charge is -2.19. The Morgan fingerprint density at radius 2 is 2.00 bits per heavy atom. The Morgan fingerprint density at radius 1 is 1.15 bits per heavy atom. The molecule has 0 bridgehead atoms. The average Bonchev–Trinajstić information content (AvgIpc) is 2.65. The van der Waals surface area contributed by atoms with E-state index in [0.717, 1.165) is 5.92 Å². The van der Waals surface area contributed by atoms with Crippen LogP contribution in [0.4, 0.5) is 5.69 Å². The zero-order valence-corrected chi connectivity index (χ0v) is 13.5. The van der Waals surface area contributed by atoms with Gasteiger partial charge in [0, 0.05) is 11.7 Å². The summed E-state index contributed by atoms with van der Waals surface area (Å²) in [6.45, 7) is 6.85. The van der Waals surface area contributed by atoms with Gasteiger partial charge in [0.25, 0.3) is 0 Å². The molecule has 1 fully saturated rings. The molecule has 0 amide bonds. The molecule has 2 unspecified atom stereocenters. The first-order valence-corrected chi connectivity index (χ1v) is 8.55. The SMILES string of the molecule is CCCC1CCCC(Nc2cccc(C(C)C)c2)CC1. The minimum atomic E-state index is 0.611. The van der Waals surface area contributed by atoms with Crippen LogP contribution in [-0.2, 0) is 0 Å². The number of hydrogen-bond donors (Lipinski definition) is 1. The van der Waals surface area contributed by atoms with Crippen molar-refractivity contribution in [3.63, 3.8) is 0 Å². The van der Waals surface area contributed by atoms with E-state index in [1.165, 1.54) is 56.2 Å². The van der Waals surface area contributed by atoms with E-state index in [0.29, 0.717) is 12.0 Å². The highest BCUT2D eigenvalue weighted by atomic mass is 14.9. The van der Waals surface area contributed by atoms with E-state index in [9.17, 15) is 0 Å². The molecule has 0 aromatic heterocycles. The van der Waals surface area contributed by atoms with Gasteiger partial charge in [-0.3, -0.25) is 0 Å². The number of hydrogen-bond acceptors (Lipinski definition) is 1. The van der Waals surface area contributed by atoms with Crippen LogP contribution < -0.4 is 5.32 Å². The summed E-state index contributed by atoms with van der Waals surface area (Å²) in [5, 5.41) is 3.78. The molecule has 1 aromatic carbocycles. The van der Waals surface area contributed by atoms with Gasteiger partial charge >= 0.3 is 0 Å². The predicted octanol–water partition coefficient (Wildman–Crippen LogP) is 5.97. The second kappa shape index (κ2) is 7.71. The van der Waals surface area contributed by atoms with Gasteiger partial charge in [-0.15, -0.1) is 0 Å². The normalized spacial score (nSPS) is 23.6. The van der Waals surface area contributed by atoms with Gasteiger partial charge in [-0.05, 0) is 48.8 Å². The molecule has 0 spiro atoms. The lowest BCUT2D eigenvalue weighted by Crippen LogP contribution is -2.18. The van der Waals surface area contributed by atoms with Crippen molar-refractivity contribution in [2.24, 2.45) is 5.92 Å². The third-order valence-corrected chi connectivity index (χ3v) is 4.71. The Labute approximate surface area is 125 Å². The molecule has 2 atom stereocenters. The van der Waals surface area contributed by atoms with Crippen molar-refractivity contribution in [2.75, 3.05) is 5.32 Å². The summed E-state index contributed by atoms with van der Waals surface area (Å²) in [4.78, 5) is 0. The van der Waals surface area contributed by atoms with Gasteiger partial charge in [-0.1, -0.05) is 58.6 Å². The Hall–Kier alpha value is -0.980. The lowest BCUT2D eigenvalue weighted by molar-refractivity contribution is 0.422. The molecule has 1 saturated carbocycles. The second-order valence-corrected chi connectivity index (χ2v) is 6.78. The fraction of sp³-hybridized carbons (Fsp3) is 0.684. The molecule has 1 aliphatic rings. The van der Waals surface area contributed by atoms with Gasteiger partial charge in [0.15, 0.2) is 0 Å². The van der Waals surface area contributed by atoms with E-state index in [4.69, 9.17) is 0 Å². The van der Waals surface area contributed by atoms with E-state index < -0.39 is 0 Å². The Morgan fingerprint density at radius 3 is 2.75 bits per heavy atom. The van der Waals surface area contributed by atoms with Gasteiger partial charge in [0.2, 0.25) is 0 Å². The maximum atomic E-state index is 3.78. The monoisotopic (exact) mass is 273 g/mol. The largest absolute Gasteiger partial charge is 0.382 e. The van der Waals surface area contributed by atoms with Crippen molar-refractivity contribution in [2.45, 2.75) is 77.7 Å². The van der Waals surface area contributed by atoms with Crippen molar-refractivity contribution in [3.05, 3.63) is 29.8 Å². The van der Waals surface area contributed by atoms with Crippen LogP contribution in [-0.4, -0.2) is 6.04 Å². The molecule has 1 nitrogen and oxygen atoms in total. The van der Waals surface area contributed by atoms with Crippen molar-refractivity contribution in [1.29, 1.82) is 0 Å². The first-order valence-electron chi connectivity index (χ1n) is 8.55. The van der Waals surface area contributed by atoms with E-state index in [1.807, 2.05) is 0 Å². The summed E-state index contributed by atoms with van der Waals surface area (Å²) in [6, 6.07) is 9.66. The zero-order chi connectivity index (χ0) is 14.4.